The number of hydrogen-bond acceptors (Lipinski definition) is 3. The molecule has 0 bridgehead atoms. The zero-order chi connectivity index (χ0) is 25.7. The molecular formula is C29H27F2NO4. The fourth-order valence-corrected chi connectivity index (χ4v) is 5.67. The van der Waals surface area contributed by atoms with Crippen molar-refractivity contribution in [1.82, 2.24) is 4.90 Å². The van der Waals surface area contributed by atoms with Crippen molar-refractivity contribution in [1.29, 1.82) is 0 Å². The molecule has 186 valence electrons. The molecule has 0 saturated carbocycles. The Labute approximate surface area is 208 Å². The van der Waals surface area contributed by atoms with Crippen LogP contribution < -0.4 is 4.74 Å². The minimum Gasteiger partial charge on any atom is -0.490 e. The van der Waals surface area contributed by atoms with Crippen molar-refractivity contribution in [2.45, 2.75) is 53.1 Å². The van der Waals surface area contributed by atoms with Crippen LogP contribution in [0.2, 0.25) is 0 Å². The number of fused-ring (bicyclic) bond motifs is 2. The number of carbonyl (C=O) groups excluding carboxylic acids is 1. The third-order valence-electron chi connectivity index (χ3n) is 7.49. The predicted molar refractivity (Wildman–Crippen MR) is 131 cm³/mol. The zero-order valence-corrected chi connectivity index (χ0v) is 20.5. The average molecular weight is 492 g/mol. The Morgan fingerprint density at radius 3 is 2.42 bits per heavy atom. The molecular weight excluding hydrogens is 464 g/mol. The summed E-state index contributed by atoms with van der Waals surface area (Å²) in [6, 6.07) is 7.04. The van der Waals surface area contributed by atoms with E-state index in [1.165, 1.54) is 24.3 Å². The van der Waals surface area contributed by atoms with Gasteiger partial charge < -0.3 is 14.7 Å². The highest BCUT2D eigenvalue weighted by atomic mass is 19.1. The highest BCUT2D eigenvalue weighted by Crippen LogP contribution is 2.44. The molecule has 0 aliphatic carbocycles. The van der Waals surface area contributed by atoms with Gasteiger partial charge in [-0.15, -0.1) is 0 Å². The first-order chi connectivity index (χ1) is 17.2. The minimum absolute atomic E-state index is 0.220. The molecule has 36 heavy (non-hydrogen) atoms. The van der Waals surface area contributed by atoms with Crippen LogP contribution >= 0.6 is 0 Å². The summed E-state index contributed by atoms with van der Waals surface area (Å²) in [5, 5.41) is 9.74. The van der Waals surface area contributed by atoms with Crippen LogP contribution in [0.5, 0.6) is 5.75 Å². The van der Waals surface area contributed by atoms with Gasteiger partial charge in [0.25, 0.3) is 5.91 Å². The Hall–Kier alpha value is -3.74. The highest BCUT2D eigenvalue weighted by molar-refractivity contribution is 5.95. The quantitative estimate of drug-likeness (QED) is 0.511. The Kier molecular flexibility index (Phi) is 6.02. The molecule has 0 unspecified atom stereocenters. The maximum atomic E-state index is 15.2. The number of carboxylic acids is 1. The number of halogens is 2. The van der Waals surface area contributed by atoms with E-state index in [0.29, 0.717) is 42.8 Å². The SMILES string of the molecule is Cc1c(-c2c(C)c3c(c(C)c2CC(=O)O)CN(C(=O)c2cccc(F)c2)C3)cc(F)c2c1CCCO2. The number of rotatable bonds is 4. The summed E-state index contributed by atoms with van der Waals surface area (Å²) in [6.07, 6.45) is 1.26. The number of ether oxygens (including phenoxy) is 1. The van der Waals surface area contributed by atoms with E-state index in [1.807, 2.05) is 20.8 Å². The molecule has 1 N–H and O–H groups in total. The van der Waals surface area contributed by atoms with Gasteiger partial charge in [0.05, 0.1) is 13.0 Å². The second-order valence-electron chi connectivity index (χ2n) is 9.59. The topological polar surface area (TPSA) is 66.8 Å². The highest BCUT2D eigenvalue weighted by Gasteiger charge is 2.32. The molecule has 0 spiro atoms. The summed E-state index contributed by atoms with van der Waals surface area (Å²) in [6.45, 7) is 6.78. The predicted octanol–water partition coefficient (Wildman–Crippen LogP) is 5.67. The maximum Gasteiger partial charge on any atom is 0.307 e. The Bertz CT molecular complexity index is 1430. The van der Waals surface area contributed by atoms with Crippen molar-refractivity contribution in [3.05, 3.63) is 86.5 Å². The van der Waals surface area contributed by atoms with Crippen molar-refractivity contribution < 1.29 is 28.2 Å². The number of nitrogens with zero attached hydrogens (tertiary/aromatic N) is 1. The molecule has 5 rings (SSSR count). The smallest absolute Gasteiger partial charge is 0.307 e. The third kappa shape index (κ3) is 3.92. The third-order valence-corrected chi connectivity index (χ3v) is 7.49. The van der Waals surface area contributed by atoms with Crippen LogP contribution in [0.15, 0.2) is 30.3 Å². The van der Waals surface area contributed by atoms with E-state index in [0.717, 1.165) is 39.8 Å². The summed E-state index contributed by atoms with van der Waals surface area (Å²) < 4.78 is 34.5. The van der Waals surface area contributed by atoms with E-state index in [4.69, 9.17) is 4.74 Å². The average Bonchev–Trinajstić information content (AvgIpc) is 3.31. The van der Waals surface area contributed by atoms with Crippen molar-refractivity contribution in [2.24, 2.45) is 0 Å². The Morgan fingerprint density at radius 2 is 1.72 bits per heavy atom. The Balaban J connectivity index is 1.66. The van der Waals surface area contributed by atoms with Crippen molar-refractivity contribution in [3.8, 4) is 16.9 Å². The summed E-state index contributed by atoms with van der Waals surface area (Å²) in [4.78, 5) is 26.7. The van der Waals surface area contributed by atoms with E-state index in [2.05, 4.69) is 0 Å². The first-order valence-corrected chi connectivity index (χ1v) is 12.0. The van der Waals surface area contributed by atoms with Crippen molar-refractivity contribution >= 4 is 11.9 Å². The molecule has 1 amide bonds. The molecule has 0 radical (unpaired) electrons. The molecule has 2 heterocycles. The molecule has 3 aromatic rings. The summed E-state index contributed by atoms with van der Waals surface area (Å²) in [5.41, 5.74) is 7.40. The lowest BCUT2D eigenvalue weighted by molar-refractivity contribution is -0.136. The molecule has 0 saturated heterocycles. The summed E-state index contributed by atoms with van der Waals surface area (Å²) in [5.74, 6) is -1.93. The van der Waals surface area contributed by atoms with Gasteiger partial charge in [0.2, 0.25) is 0 Å². The van der Waals surface area contributed by atoms with Crippen molar-refractivity contribution in [3.63, 3.8) is 0 Å². The van der Waals surface area contributed by atoms with Crippen molar-refractivity contribution in [2.75, 3.05) is 6.61 Å². The molecule has 0 fully saturated rings. The van der Waals surface area contributed by atoms with Crippen LogP contribution in [0.3, 0.4) is 0 Å². The van der Waals surface area contributed by atoms with Crippen LogP contribution in [-0.4, -0.2) is 28.5 Å². The number of aliphatic carboxylic acids is 1. The minimum atomic E-state index is -0.983. The monoisotopic (exact) mass is 491 g/mol. The number of carbonyl (C=O) groups is 2. The van der Waals surface area contributed by atoms with Gasteiger partial charge in [0, 0.05) is 24.2 Å². The first-order valence-electron chi connectivity index (χ1n) is 12.0. The molecule has 3 aromatic carbocycles. The fraction of sp³-hybridized carbons (Fsp3) is 0.310. The van der Waals surface area contributed by atoms with Crippen LogP contribution in [0.25, 0.3) is 11.1 Å². The van der Waals surface area contributed by atoms with Crippen LogP contribution in [0.1, 0.15) is 55.7 Å². The van der Waals surface area contributed by atoms with Gasteiger partial charge in [-0.05, 0) is 102 Å². The lowest BCUT2D eigenvalue weighted by atomic mass is 9.81. The van der Waals surface area contributed by atoms with Gasteiger partial charge in [0.15, 0.2) is 11.6 Å². The largest absolute Gasteiger partial charge is 0.490 e. The fourth-order valence-electron chi connectivity index (χ4n) is 5.67. The maximum absolute atomic E-state index is 15.2. The second-order valence-corrected chi connectivity index (χ2v) is 9.59. The number of carboxylic acid groups (broad SMARTS) is 1. The Morgan fingerprint density at radius 1 is 1.00 bits per heavy atom. The molecule has 2 aliphatic rings. The normalized spacial score (nSPS) is 14.3. The van der Waals surface area contributed by atoms with E-state index < -0.39 is 17.6 Å². The van der Waals surface area contributed by atoms with Gasteiger partial charge in [0.1, 0.15) is 5.82 Å². The van der Waals surface area contributed by atoms with Gasteiger partial charge in [-0.3, -0.25) is 9.59 Å². The van der Waals surface area contributed by atoms with E-state index in [1.54, 1.807) is 11.0 Å². The van der Waals surface area contributed by atoms with E-state index >= 15 is 4.39 Å². The lowest BCUT2D eigenvalue weighted by Crippen LogP contribution is -2.25. The van der Waals surface area contributed by atoms with Crippen LogP contribution in [0, 0.1) is 32.4 Å². The summed E-state index contributed by atoms with van der Waals surface area (Å²) in [7, 11) is 0. The van der Waals surface area contributed by atoms with Crippen LogP contribution in [0.4, 0.5) is 8.78 Å². The molecule has 0 atom stereocenters. The van der Waals surface area contributed by atoms with E-state index in [-0.39, 0.29) is 23.6 Å². The first kappa shape index (κ1) is 24.0. The second kappa shape index (κ2) is 9.04. The number of benzene rings is 3. The standard InChI is InChI=1S/C29H27F2NO4/c1-15-20-8-5-9-36-28(20)25(31)11-21(15)27-17(3)24-14-32(29(35)18-6-4-7-19(30)10-18)13-23(24)16(2)22(27)12-26(33)34/h4,6-7,10-11H,5,8-9,12-14H2,1-3H3,(H,33,34). The molecule has 5 nitrogen and oxygen atoms in total. The lowest BCUT2D eigenvalue weighted by Gasteiger charge is -2.25. The van der Waals surface area contributed by atoms with Gasteiger partial charge >= 0.3 is 5.97 Å². The van der Waals surface area contributed by atoms with Gasteiger partial charge in [-0.25, -0.2) is 8.78 Å². The van der Waals surface area contributed by atoms with Crippen LogP contribution in [-0.2, 0) is 30.7 Å². The number of hydrogen-bond donors (Lipinski definition) is 1. The molecule has 0 aromatic heterocycles. The molecule has 2 aliphatic heterocycles. The zero-order valence-electron chi connectivity index (χ0n) is 20.5. The number of amides is 1. The van der Waals surface area contributed by atoms with E-state index in [9.17, 15) is 19.1 Å². The molecule has 7 heteroatoms. The van der Waals surface area contributed by atoms with Gasteiger partial charge in [-0.2, -0.15) is 0 Å². The summed E-state index contributed by atoms with van der Waals surface area (Å²) >= 11 is 0. The van der Waals surface area contributed by atoms with Gasteiger partial charge in [-0.1, -0.05) is 6.07 Å².